The van der Waals surface area contributed by atoms with Crippen LogP contribution in [0.25, 0.3) is 0 Å². The quantitative estimate of drug-likeness (QED) is 0.850. The highest BCUT2D eigenvalue weighted by Crippen LogP contribution is 2.41. The fourth-order valence-corrected chi connectivity index (χ4v) is 3.81. The topological polar surface area (TPSA) is 47.6 Å². The zero-order chi connectivity index (χ0) is 15.6. The molecular formula is C18H25NO3. The van der Waals surface area contributed by atoms with Crippen LogP contribution in [0.1, 0.15) is 44.6 Å². The summed E-state index contributed by atoms with van der Waals surface area (Å²) in [7, 11) is 1.70. The highest BCUT2D eigenvalue weighted by Gasteiger charge is 2.38. The normalized spacial score (nSPS) is 26.9. The minimum absolute atomic E-state index is 0.0290. The Morgan fingerprint density at radius 2 is 2.14 bits per heavy atom. The maximum absolute atomic E-state index is 11.8. The van der Waals surface area contributed by atoms with Crippen LogP contribution in [0.3, 0.4) is 0 Å². The Balaban J connectivity index is 1.75. The van der Waals surface area contributed by atoms with Gasteiger partial charge in [0.15, 0.2) is 0 Å². The molecule has 1 aromatic carbocycles. The minimum Gasteiger partial charge on any atom is -0.497 e. The summed E-state index contributed by atoms with van der Waals surface area (Å²) in [4.78, 5) is 11.8. The van der Waals surface area contributed by atoms with E-state index in [2.05, 4.69) is 23.5 Å². The highest BCUT2D eigenvalue weighted by atomic mass is 16.6. The van der Waals surface area contributed by atoms with E-state index >= 15 is 0 Å². The molecule has 3 rings (SSSR count). The van der Waals surface area contributed by atoms with E-state index in [1.54, 1.807) is 7.11 Å². The van der Waals surface area contributed by atoms with Gasteiger partial charge in [-0.2, -0.15) is 0 Å². The van der Waals surface area contributed by atoms with Crippen LogP contribution in [0.4, 0.5) is 0 Å². The average Bonchev–Trinajstić information content (AvgIpc) is 3.13. The summed E-state index contributed by atoms with van der Waals surface area (Å²) in [5, 5.41) is 3.47. The number of benzene rings is 1. The number of cyclic esters (lactones) is 1. The molecule has 22 heavy (non-hydrogen) atoms. The first-order chi connectivity index (χ1) is 10.6. The second-order valence-corrected chi connectivity index (χ2v) is 6.64. The van der Waals surface area contributed by atoms with Crippen LogP contribution in [0.5, 0.6) is 5.75 Å². The van der Waals surface area contributed by atoms with Crippen molar-refractivity contribution in [3.05, 3.63) is 29.8 Å². The molecule has 0 amide bonds. The van der Waals surface area contributed by atoms with Crippen LogP contribution in [-0.2, 0) is 14.9 Å². The molecule has 1 heterocycles. The first-order valence-electron chi connectivity index (χ1n) is 8.21. The molecule has 1 saturated heterocycles. The van der Waals surface area contributed by atoms with Crippen LogP contribution in [-0.4, -0.2) is 31.8 Å². The van der Waals surface area contributed by atoms with Crippen molar-refractivity contribution in [2.75, 3.05) is 13.7 Å². The predicted octanol–water partition coefficient (Wildman–Crippen LogP) is 2.80. The van der Waals surface area contributed by atoms with Gasteiger partial charge in [0.2, 0.25) is 0 Å². The minimum atomic E-state index is -0.155. The van der Waals surface area contributed by atoms with Gasteiger partial charge in [-0.25, -0.2) is 0 Å². The lowest BCUT2D eigenvalue weighted by Crippen LogP contribution is -2.43. The molecule has 0 aromatic heterocycles. The third-order valence-electron chi connectivity index (χ3n) is 5.10. The van der Waals surface area contributed by atoms with E-state index in [4.69, 9.17) is 9.47 Å². The van der Waals surface area contributed by atoms with Crippen LogP contribution in [0.2, 0.25) is 0 Å². The smallest absolute Gasteiger partial charge is 0.323 e. The molecule has 1 aromatic rings. The molecule has 4 heteroatoms. The van der Waals surface area contributed by atoms with Gasteiger partial charge in [0.1, 0.15) is 17.9 Å². The van der Waals surface area contributed by atoms with Crippen molar-refractivity contribution in [2.24, 2.45) is 0 Å². The van der Waals surface area contributed by atoms with Crippen LogP contribution >= 0.6 is 0 Å². The lowest BCUT2D eigenvalue weighted by molar-refractivity contribution is -0.142. The van der Waals surface area contributed by atoms with Crippen LogP contribution in [0, 0.1) is 0 Å². The van der Waals surface area contributed by atoms with E-state index in [0.717, 1.165) is 31.6 Å². The summed E-state index contributed by atoms with van der Waals surface area (Å²) < 4.78 is 10.6. The van der Waals surface area contributed by atoms with Crippen molar-refractivity contribution in [3.63, 3.8) is 0 Å². The molecule has 0 spiro atoms. The summed E-state index contributed by atoms with van der Waals surface area (Å²) in [5.41, 5.74) is 1.43. The maximum Gasteiger partial charge on any atom is 0.323 e. The van der Waals surface area contributed by atoms with Gasteiger partial charge in [-0.15, -0.1) is 0 Å². The molecule has 0 bridgehead atoms. The molecule has 1 aliphatic carbocycles. The Hall–Kier alpha value is -1.55. The standard InChI is InChI=1S/C18H25NO3/c1-13-10-16(17(20)22-13)19-12-18(8-3-4-9-18)14-6-5-7-15(11-14)21-2/h5-7,11,13,16,19H,3-4,8-10,12H2,1-2H3/t13-,16+/m0/s1. The van der Waals surface area contributed by atoms with Crippen molar-refractivity contribution < 1.29 is 14.3 Å². The molecule has 2 aliphatic rings. The lowest BCUT2D eigenvalue weighted by Gasteiger charge is -2.31. The molecular weight excluding hydrogens is 278 g/mol. The fourth-order valence-electron chi connectivity index (χ4n) is 3.81. The van der Waals surface area contributed by atoms with Gasteiger partial charge < -0.3 is 14.8 Å². The summed E-state index contributed by atoms with van der Waals surface area (Å²) in [6, 6.07) is 8.21. The summed E-state index contributed by atoms with van der Waals surface area (Å²) in [6.45, 7) is 2.78. The summed E-state index contributed by atoms with van der Waals surface area (Å²) >= 11 is 0. The zero-order valence-corrected chi connectivity index (χ0v) is 13.4. The lowest BCUT2D eigenvalue weighted by atomic mass is 9.78. The molecule has 0 radical (unpaired) electrons. The van der Waals surface area contributed by atoms with E-state index in [9.17, 15) is 4.79 Å². The molecule has 4 nitrogen and oxygen atoms in total. The van der Waals surface area contributed by atoms with E-state index in [-0.39, 0.29) is 23.5 Å². The Bertz CT molecular complexity index is 537. The number of rotatable bonds is 5. The maximum atomic E-state index is 11.8. The summed E-state index contributed by atoms with van der Waals surface area (Å²) in [6.07, 6.45) is 5.60. The Morgan fingerprint density at radius 1 is 1.36 bits per heavy atom. The zero-order valence-electron chi connectivity index (χ0n) is 13.4. The van der Waals surface area contributed by atoms with Gasteiger partial charge >= 0.3 is 5.97 Å². The first kappa shape index (κ1) is 15.3. The van der Waals surface area contributed by atoms with Gasteiger partial charge in [0.05, 0.1) is 7.11 Å². The number of carbonyl (C=O) groups is 1. The molecule has 1 N–H and O–H groups in total. The molecule has 0 unspecified atom stereocenters. The van der Waals surface area contributed by atoms with Gasteiger partial charge in [-0.1, -0.05) is 25.0 Å². The number of esters is 1. The van der Waals surface area contributed by atoms with Crippen molar-refractivity contribution in [3.8, 4) is 5.75 Å². The van der Waals surface area contributed by atoms with Gasteiger partial charge in [-0.3, -0.25) is 4.79 Å². The third kappa shape index (κ3) is 2.98. The second-order valence-electron chi connectivity index (χ2n) is 6.64. The monoisotopic (exact) mass is 303 g/mol. The van der Waals surface area contributed by atoms with E-state index in [1.165, 1.54) is 18.4 Å². The van der Waals surface area contributed by atoms with Crippen molar-refractivity contribution in [2.45, 2.75) is 56.6 Å². The predicted molar refractivity (Wildman–Crippen MR) is 85.1 cm³/mol. The number of hydrogen-bond donors (Lipinski definition) is 1. The Kier molecular flexibility index (Phi) is 4.39. The largest absolute Gasteiger partial charge is 0.497 e. The second kappa shape index (κ2) is 6.29. The van der Waals surface area contributed by atoms with Gasteiger partial charge in [0.25, 0.3) is 0 Å². The van der Waals surface area contributed by atoms with Crippen LogP contribution in [0.15, 0.2) is 24.3 Å². The van der Waals surface area contributed by atoms with Crippen LogP contribution < -0.4 is 10.1 Å². The molecule has 2 fully saturated rings. The van der Waals surface area contributed by atoms with Crippen molar-refractivity contribution in [1.82, 2.24) is 5.32 Å². The number of nitrogens with one attached hydrogen (secondary N) is 1. The SMILES string of the molecule is COc1cccc(C2(CN[C@@H]3C[C@H](C)OC3=O)CCCC2)c1. The first-order valence-corrected chi connectivity index (χ1v) is 8.21. The molecule has 2 atom stereocenters. The Morgan fingerprint density at radius 3 is 2.77 bits per heavy atom. The number of methoxy groups -OCH3 is 1. The number of hydrogen-bond acceptors (Lipinski definition) is 4. The average molecular weight is 303 g/mol. The van der Waals surface area contributed by atoms with Gasteiger partial charge in [0, 0.05) is 18.4 Å². The highest BCUT2D eigenvalue weighted by molar-refractivity contribution is 5.77. The Labute approximate surface area is 132 Å². The van der Waals surface area contributed by atoms with E-state index < -0.39 is 0 Å². The number of ether oxygens (including phenoxy) is 2. The molecule has 1 aliphatic heterocycles. The van der Waals surface area contributed by atoms with Crippen molar-refractivity contribution in [1.29, 1.82) is 0 Å². The molecule has 120 valence electrons. The summed E-state index contributed by atoms with van der Waals surface area (Å²) in [5.74, 6) is 0.795. The van der Waals surface area contributed by atoms with Gasteiger partial charge in [-0.05, 0) is 37.5 Å². The molecule has 1 saturated carbocycles. The van der Waals surface area contributed by atoms with E-state index in [1.807, 2.05) is 13.0 Å². The van der Waals surface area contributed by atoms with E-state index in [0.29, 0.717) is 0 Å². The fraction of sp³-hybridized carbons (Fsp3) is 0.611. The third-order valence-corrected chi connectivity index (χ3v) is 5.10. The van der Waals surface area contributed by atoms with Crippen molar-refractivity contribution >= 4 is 5.97 Å². The number of carbonyl (C=O) groups excluding carboxylic acids is 1.